The van der Waals surface area contributed by atoms with Crippen LogP contribution in [0.5, 0.6) is 0 Å². The molecule has 0 aliphatic rings. The third-order valence-corrected chi connectivity index (χ3v) is 1.97. The molecule has 0 amide bonds. The molecule has 0 unspecified atom stereocenters. The molecule has 0 atom stereocenters. The highest BCUT2D eigenvalue weighted by atomic mass is 79.9. The molecule has 0 aliphatic heterocycles. The van der Waals surface area contributed by atoms with Crippen LogP contribution in [-0.2, 0) is 9.53 Å². The topological polar surface area (TPSA) is 39.2 Å². The molecule has 80 valence electrons. The molecule has 1 rings (SSSR count). The molecule has 0 N–H and O–H groups in total. The molecule has 3 nitrogen and oxygen atoms in total. The monoisotopic (exact) mass is 273 g/mol. The number of hydrogen-bond acceptors (Lipinski definition) is 3. The highest BCUT2D eigenvalue weighted by molar-refractivity contribution is 9.10. The van der Waals surface area contributed by atoms with Crippen LogP contribution in [0.1, 0.15) is 12.5 Å². The van der Waals surface area contributed by atoms with Gasteiger partial charge in [-0.25, -0.2) is 9.78 Å². The van der Waals surface area contributed by atoms with E-state index in [1.54, 1.807) is 13.0 Å². The number of nitrogens with zero attached hydrogens (tertiary/aromatic N) is 1. The minimum absolute atomic E-state index is 0.242. The third-order valence-electron chi connectivity index (χ3n) is 1.53. The van der Waals surface area contributed by atoms with Gasteiger partial charge in [0.05, 0.1) is 6.61 Å². The molecule has 0 fully saturated rings. The number of carbonyl (C=O) groups is 1. The Hall–Kier alpha value is -1.23. The first kappa shape index (κ1) is 11.8. The first-order valence-corrected chi connectivity index (χ1v) is 5.09. The summed E-state index contributed by atoms with van der Waals surface area (Å²) >= 11 is 3.03. The van der Waals surface area contributed by atoms with Gasteiger partial charge in [0, 0.05) is 11.6 Å². The van der Waals surface area contributed by atoms with Gasteiger partial charge in [0.25, 0.3) is 0 Å². The fraction of sp³-hybridized carbons (Fsp3) is 0.200. The maximum absolute atomic E-state index is 13.1. The summed E-state index contributed by atoms with van der Waals surface area (Å²) in [6.07, 6.45) is 2.49. The van der Waals surface area contributed by atoms with E-state index in [9.17, 15) is 9.18 Å². The van der Waals surface area contributed by atoms with Gasteiger partial charge in [-0.2, -0.15) is 4.39 Å². The molecular weight excluding hydrogens is 265 g/mol. The van der Waals surface area contributed by atoms with E-state index in [1.807, 2.05) is 0 Å². The predicted octanol–water partition coefficient (Wildman–Crippen LogP) is 2.56. The second-order valence-corrected chi connectivity index (χ2v) is 3.41. The molecule has 15 heavy (non-hydrogen) atoms. The van der Waals surface area contributed by atoms with E-state index in [1.165, 1.54) is 12.1 Å². The first-order chi connectivity index (χ1) is 7.13. The van der Waals surface area contributed by atoms with Crippen molar-refractivity contribution >= 4 is 28.0 Å². The van der Waals surface area contributed by atoms with Crippen molar-refractivity contribution in [1.82, 2.24) is 4.98 Å². The van der Waals surface area contributed by atoms with Gasteiger partial charge >= 0.3 is 5.97 Å². The Morgan fingerprint density at radius 1 is 1.67 bits per heavy atom. The van der Waals surface area contributed by atoms with E-state index in [0.717, 1.165) is 6.08 Å². The van der Waals surface area contributed by atoms with Gasteiger partial charge in [0.1, 0.15) is 4.60 Å². The van der Waals surface area contributed by atoms with Crippen molar-refractivity contribution < 1.29 is 13.9 Å². The van der Waals surface area contributed by atoms with Gasteiger partial charge < -0.3 is 4.74 Å². The Morgan fingerprint density at radius 2 is 2.40 bits per heavy atom. The van der Waals surface area contributed by atoms with Gasteiger partial charge in [-0.05, 0) is 41.1 Å². The van der Waals surface area contributed by atoms with Crippen molar-refractivity contribution in [3.8, 4) is 0 Å². The van der Waals surface area contributed by atoms with E-state index >= 15 is 0 Å². The fourth-order valence-corrected chi connectivity index (χ4v) is 1.18. The average Bonchev–Trinajstić information content (AvgIpc) is 2.17. The number of pyridine rings is 1. The number of rotatable bonds is 3. The van der Waals surface area contributed by atoms with Gasteiger partial charge in [-0.15, -0.1) is 0 Å². The second kappa shape index (κ2) is 5.60. The Bertz CT molecular complexity index is 393. The molecule has 0 bridgehead atoms. The maximum atomic E-state index is 13.1. The second-order valence-electron chi connectivity index (χ2n) is 2.60. The van der Waals surface area contributed by atoms with E-state index in [4.69, 9.17) is 0 Å². The summed E-state index contributed by atoms with van der Waals surface area (Å²) in [4.78, 5) is 14.5. The summed E-state index contributed by atoms with van der Waals surface area (Å²) in [6, 6.07) is 3.11. The lowest BCUT2D eigenvalue weighted by Crippen LogP contribution is -1.99. The standard InChI is InChI=1S/C10H9BrFNO2/c1-2-15-9(14)6-4-7-3-5-8(11)13-10(7)12/h3-6H,2H2,1H3/b6-4+. The minimum atomic E-state index is -0.634. The van der Waals surface area contributed by atoms with Gasteiger partial charge in [-0.1, -0.05) is 0 Å². The van der Waals surface area contributed by atoms with Crippen molar-refractivity contribution in [2.24, 2.45) is 0 Å². The van der Waals surface area contributed by atoms with Gasteiger partial charge in [0.15, 0.2) is 0 Å². The molecule has 1 aromatic heterocycles. The van der Waals surface area contributed by atoms with E-state index < -0.39 is 11.9 Å². The maximum Gasteiger partial charge on any atom is 0.330 e. The molecule has 0 aromatic carbocycles. The molecular formula is C10H9BrFNO2. The Morgan fingerprint density at radius 3 is 3.00 bits per heavy atom. The highest BCUT2D eigenvalue weighted by Gasteiger charge is 2.01. The predicted molar refractivity (Wildman–Crippen MR) is 57.6 cm³/mol. The van der Waals surface area contributed by atoms with Crippen molar-refractivity contribution in [1.29, 1.82) is 0 Å². The Labute approximate surface area is 95.1 Å². The van der Waals surface area contributed by atoms with Crippen LogP contribution in [0.15, 0.2) is 22.8 Å². The summed E-state index contributed by atoms with van der Waals surface area (Å²) in [7, 11) is 0. The first-order valence-electron chi connectivity index (χ1n) is 4.30. The van der Waals surface area contributed by atoms with Crippen LogP contribution in [0.2, 0.25) is 0 Å². The van der Waals surface area contributed by atoms with E-state index in [2.05, 4.69) is 25.7 Å². The summed E-state index contributed by atoms with van der Waals surface area (Å²) in [6.45, 7) is 2.00. The number of halogens is 2. The highest BCUT2D eigenvalue weighted by Crippen LogP contribution is 2.12. The molecule has 1 heterocycles. The van der Waals surface area contributed by atoms with Crippen molar-refractivity contribution in [2.75, 3.05) is 6.61 Å². The van der Waals surface area contributed by atoms with Crippen molar-refractivity contribution in [3.05, 3.63) is 34.3 Å². The fourth-order valence-electron chi connectivity index (χ4n) is 0.895. The molecule has 0 saturated carbocycles. The summed E-state index contributed by atoms with van der Waals surface area (Å²) in [5.74, 6) is -1.13. The van der Waals surface area contributed by atoms with Gasteiger partial charge in [0.2, 0.25) is 5.95 Å². The summed E-state index contributed by atoms with van der Waals surface area (Å²) in [5.41, 5.74) is 0.242. The van der Waals surface area contributed by atoms with E-state index in [-0.39, 0.29) is 5.56 Å². The SMILES string of the molecule is CCOC(=O)/C=C/c1ccc(Br)nc1F. The average molecular weight is 274 g/mol. The van der Waals surface area contributed by atoms with Crippen LogP contribution >= 0.6 is 15.9 Å². The minimum Gasteiger partial charge on any atom is -0.463 e. The molecule has 0 aliphatic carbocycles. The lowest BCUT2D eigenvalue weighted by molar-refractivity contribution is -0.137. The van der Waals surface area contributed by atoms with E-state index in [0.29, 0.717) is 11.2 Å². The van der Waals surface area contributed by atoms with Crippen LogP contribution in [0.3, 0.4) is 0 Å². The molecule has 1 aromatic rings. The zero-order valence-electron chi connectivity index (χ0n) is 8.04. The number of ether oxygens (including phenoxy) is 1. The van der Waals surface area contributed by atoms with Crippen molar-refractivity contribution in [3.63, 3.8) is 0 Å². The van der Waals surface area contributed by atoms with Crippen LogP contribution in [-0.4, -0.2) is 17.6 Å². The lowest BCUT2D eigenvalue weighted by Gasteiger charge is -1.97. The number of esters is 1. The quantitative estimate of drug-likeness (QED) is 0.483. The van der Waals surface area contributed by atoms with Gasteiger partial charge in [-0.3, -0.25) is 0 Å². The summed E-state index contributed by atoms with van der Waals surface area (Å²) in [5, 5.41) is 0. The smallest absolute Gasteiger partial charge is 0.330 e. The normalized spacial score (nSPS) is 10.6. The largest absolute Gasteiger partial charge is 0.463 e. The molecule has 0 radical (unpaired) electrons. The Balaban J connectivity index is 2.76. The third kappa shape index (κ3) is 3.79. The molecule has 5 heteroatoms. The number of hydrogen-bond donors (Lipinski definition) is 0. The summed E-state index contributed by atoms with van der Waals surface area (Å²) < 4.78 is 18.2. The van der Waals surface area contributed by atoms with Crippen molar-refractivity contribution in [2.45, 2.75) is 6.92 Å². The zero-order valence-corrected chi connectivity index (χ0v) is 9.62. The van der Waals surface area contributed by atoms with Crippen LogP contribution < -0.4 is 0 Å². The lowest BCUT2D eigenvalue weighted by atomic mass is 10.2. The molecule has 0 saturated heterocycles. The van der Waals surface area contributed by atoms with Crippen LogP contribution in [0, 0.1) is 5.95 Å². The number of aromatic nitrogens is 1. The van der Waals surface area contributed by atoms with Crippen LogP contribution in [0.4, 0.5) is 4.39 Å². The zero-order chi connectivity index (χ0) is 11.3. The number of carbonyl (C=O) groups excluding carboxylic acids is 1. The molecule has 0 spiro atoms. The van der Waals surface area contributed by atoms with Crippen LogP contribution in [0.25, 0.3) is 6.08 Å². The Kier molecular flexibility index (Phi) is 4.42.